The van der Waals surface area contributed by atoms with Gasteiger partial charge in [-0.1, -0.05) is 40.8 Å². The molecule has 0 aromatic heterocycles. The van der Waals surface area contributed by atoms with Crippen molar-refractivity contribution in [2.45, 2.75) is 6.54 Å². The molecule has 0 unspecified atom stereocenters. The van der Waals surface area contributed by atoms with E-state index in [1.807, 2.05) is 0 Å². The van der Waals surface area contributed by atoms with Crippen molar-refractivity contribution in [3.05, 3.63) is 33.4 Å². The largest absolute Gasteiger partial charge is 0.312 e. The highest BCUT2D eigenvalue weighted by Crippen LogP contribution is 2.10. The van der Waals surface area contributed by atoms with Crippen molar-refractivity contribution in [1.29, 1.82) is 0 Å². The maximum absolute atomic E-state index is 3.38. The lowest BCUT2D eigenvalue weighted by Crippen LogP contribution is -2.16. The Kier molecular flexibility index (Phi) is 5.49. The number of alkyl halides is 1. The second-order valence-corrected chi connectivity index (χ2v) is 4.70. The average Bonchev–Trinajstić information content (AvgIpc) is 2.09. The quantitative estimate of drug-likeness (QED) is 0.476. The van der Waals surface area contributed by atoms with E-state index in [-0.39, 0.29) is 0 Å². The summed E-state index contributed by atoms with van der Waals surface area (Å²) in [5.41, 5.74) is 1.39. The minimum Gasteiger partial charge on any atom is -0.312 e. The maximum atomic E-state index is 3.38. The molecule has 0 aliphatic rings. The van der Waals surface area contributed by atoms with E-state index in [4.69, 9.17) is 0 Å². The highest BCUT2D eigenvalue weighted by molar-refractivity contribution is 14.1. The van der Waals surface area contributed by atoms with Gasteiger partial charge in [0.1, 0.15) is 0 Å². The molecule has 66 valence electrons. The molecule has 0 saturated carbocycles. The molecule has 0 bridgehead atoms. The predicted molar refractivity (Wildman–Crippen MR) is 69.8 cm³/mol. The van der Waals surface area contributed by atoms with Crippen LogP contribution in [-0.2, 0) is 6.54 Å². The SMILES string of the molecule is ICCNCc1ccccc1I. The third-order valence-corrected chi connectivity index (χ3v) is 3.14. The van der Waals surface area contributed by atoms with Crippen LogP contribution in [-0.4, -0.2) is 11.0 Å². The summed E-state index contributed by atoms with van der Waals surface area (Å²) >= 11 is 4.74. The first-order chi connectivity index (χ1) is 5.84. The lowest BCUT2D eigenvalue weighted by Gasteiger charge is -2.04. The number of rotatable bonds is 4. The highest BCUT2D eigenvalue weighted by atomic mass is 127. The summed E-state index contributed by atoms with van der Waals surface area (Å²) in [6.07, 6.45) is 0. The van der Waals surface area contributed by atoms with Gasteiger partial charge in [-0.05, 0) is 34.2 Å². The monoisotopic (exact) mass is 387 g/mol. The number of hydrogen-bond donors (Lipinski definition) is 1. The van der Waals surface area contributed by atoms with Gasteiger partial charge >= 0.3 is 0 Å². The van der Waals surface area contributed by atoms with E-state index >= 15 is 0 Å². The van der Waals surface area contributed by atoms with Gasteiger partial charge in [0.25, 0.3) is 0 Å². The van der Waals surface area contributed by atoms with Gasteiger partial charge in [0.2, 0.25) is 0 Å². The van der Waals surface area contributed by atoms with Crippen LogP contribution in [0.3, 0.4) is 0 Å². The van der Waals surface area contributed by atoms with Crippen molar-refractivity contribution >= 4 is 45.2 Å². The van der Waals surface area contributed by atoms with Crippen molar-refractivity contribution in [3.63, 3.8) is 0 Å². The van der Waals surface area contributed by atoms with Gasteiger partial charge < -0.3 is 5.32 Å². The third-order valence-electron chi connectivity index (χ3n) is 1.54. The third kappa shape index (κ3) is 3.57. The smallest absolute Gasteiger partial charge is 0.0216 e. The zero-order valence-corrected chi connectivity index (χ0v) is 11.0. The summed E-state index contributed by atoms with van der Waals surface area (Å²) < 4.78 is 2.51. The molecule has 0 amide bonds. The Bertz CT molecular complexity index is 238. The zero-order valence-electron chi connectivity index (χ0n) is 6.69. The van der Waals surface area contributed by atoms with Crippen LogP contribution < -0.4 is 5.32 Å². The molecule has 1 N–H and O–H groups in total. The van der Waals surface area contributed by atoms with E-state index < -0.39 is 0 Å². The Labute approximate surface area is 101 Å². The maximum Gasteiger partial charge on any atom is 0.0216 e. The summed E-state index contributed by atoms with van der Waals surface area (Å²) in [6.45, 7) is 2.08. The summed E-state index contributed by atoms with van der Waals surface area (Å²) in [7, 11) is 0. The first-order valence-corrected chi connectivity index (χ1v) is 6.45. The van der Waals surface area contributed by atoms with E-state index in [9.17, 15) is 0 Å². The summed E-state index contributed by atoms with van der Waals surface area (Å²) in [4.78, 5) is 0. The Hall–Kier alpha value is 0.640. The molecular formula is C9H11I2N. The molecule has 1 nitrogen and oxygen atoms in total. The molecule has 0 spiro atoms. The van der Waals surface area contributed by atoms with Gasteiger partial charge in [-0.3, -0.25) is 0 Å². The van der Waals surface area contributed by atoms with E-state index in [0.717, 1.165) is 13.1 Å². The predicted octanol–water partition coefficient (Wildman–Crippen LogP) is 2.82. The minimum atomic E-state index is 0.988. The Morgan fingerprint density at radius 1 is 1.25 bits per heavy atom. The molecule has 0 radical (unpaired) electrons. The number of halogens is 2. The van der Waals surface area contributed by atoms with Gasteiger partial charge in [-0.15, -0.1) is 0 Å². The molecule has 1 rings (SSSR count). The molecule has 0 heterocycles. The van der Waals surface area contributed by atoms with Crippen LogP contribution in [0.2, 0.25) is 0 Å². The molecule has 3 heteroatoms. The Balaban J connectivity index is 2.46. The van der Waals surface area contributed by atoms with Crippen LogP contribution in [0.5, 0.6) is 0 Å². The van der Waals surface area contributed by atoms with Crippen molar-refractivity contribution in [2.75, 3.05) is 11.0 Å². The number of nitrogens with one attached hydrogen (secondary N) is 1. The van der Waals surface area contributed by atoms with Crippen molar-refractivity contribution in [3.8, 4) is 0 Å². The topological polar surface area (TPSA) is 12.0 Å². The summed E-state index contributed by atoms with van der Waals surface area (Å²) in [5, 5.41) is 3.38. The minimum absolute atomic E-state index is 0.988. The van der Waals surface area contributed by atoms with Gasteiger partial charge in [-0.2, -0.15) is 0 Å². The molecule has 0 aliphatic carbocycles. The highest BCUT2D eigenvalue weighted by Gasteiger charge is 1.95. The van der Waals surface area contributed by atoms with E-state index in [1.165, 1.54) is 13.6 Å². The molecule has 0 fully saturated rings. The van der Waals surface area contributed by atoms with Gasteiger partial charge in [-0.25, -0.2) is 0 Å². The second kappa shape index (κ2) is 6.15. The lowest BCUT2D eigenvalue weighted by atomic mass is 10.2. The molecule has 0 aliphatic heterocycles. The first-order valence-electron chi connectivity index (χ1n) is 3.84. The van der Waals surface area contributed by atoms with Gasteiger partial charge in [0.05, 0.1) is 0 Å². The van der Waals surface area contributed by atoms with Crippen LogP contribution in [0, 0.1) is 3.57 Å². The van der Waals surface area contributed by atoms with Crippen LogP contribution >= 0.6 is 45.2 Å². The molecule has 12 heavy (non-hydrogen) atoms. The molecule has 1 aromatic rings. The van der Waals surface area contributed by atoms with Crippen molar-refractivity contribution in [2.24, 2.45) is 0 Å². The molecular weight excluding hydrogens is 376 g/mol. The van der Waals surface area contributed by atoms with E-state index in [1.54, 1.807) is 0 Å². The summed E-state index contributed by atoms with van der Waals surface area (Å²) in [6, 6.07) is 8.47. The van der Waals surface area contributed by atoms with Gasteiger partial charge in [0, 0.05) is 21.1 Å². The van der Waals surface area contributed by atoms with E-state index in [2.05, 4.69) is 74.8 Å². The number of benzene rings is 1. The molecule has 1 aromatic carbocycles. The van der Waals surface area contributed by atoms with E-state index in [0.29, 0.717) is 0 Å². The zero-order chi connectivity index (χ0) is 8.81. The van der Waals surface area contributed by atoms with Crippen molar-refractivity contribution < 1.29 is 0 Å². The van der Waals surface area contributed by atoms with Crippen LogP contribution in [0.15, 0.2) is 24.3 Å². The van der Waals surface area contributed by atoms with Crippen LogP contribution in [0.1, 0.15) is 5.56 Å². The molecule has 0 atom stereocenters. The summed E-state index contributed by atoms with van der Waals surface area (Å²) in [5.74, 6) is 0. The Morgan fingerprint density at radius 3 is 2.67 bits per heavy atom. The van der Waals surface area contributed by atoms with Crippen LogP contribution in [0.25, 0.3) is 0 Å². The second-order valence-electron chi connectivity index (χ2n) is 2.46. The fourth-order valence-corrected chi connectivity index (χ4v) is 1.89. The van der Waals surface area contributed by atoms with Crippen molar-refractivity contribution in [1.82, 2.24) is 5.32 Å². The normalized spacial score (nSPS) is 10.2. The average molecular weight is 387 g/mol. The van der Waals surface area contributed by atoms with Crippen LogP contribution in [0.4, 0.5) is 0 Å². The number of hydrogen-bond acceptors (Lipinski definition) is 1. The lowest BCUT2D eigenvalue weighted by molar-refractivity contribution is 0.734. The molecule has 0 saturated heterocycles. The Morgan fingerprint density at radius 2 is 2.00 bits per heavy atom. The fraction of sp³-hybridized carbons (Fsp3) is 0.333. The fourth-order valence-electron chi connectivity index (χ4n) is 0.932. The van der Waals surface area contributed by atoms with Gasteiger partial charge in [0.15, 0.2) is 0 Å². The standard InChI is InChI=1S/C9H11I2N/c10-5-6-12-7-8-3-1-2-4-9(8)11/h1-4,12H,5-7H2. The first kappa shape index (κ1) is 10.7.